The molecule has 0 unspecified atom stereocenters. The minimum absolute atomic E-state index is 0.103. The molecular formula is C12H12Cl5NO. The van der Waals surface area contributed by atoms with Gasteiger partial charge in [-0.3, -0.25) is 0 Å². The molecule has 7 heteroatoms. The maximum Gasteiger partial charge on any atom is 0.185 e. The van der Waals surface area contributed by atoms with Crippen molar-refractivity contribution in [2.75, 3.05) is 0 Å². The molecule has 0 N–H and O–H groups in total. The lowest BCUT2D eigenvalue weighted by Gasteiger charge is -2.21. The van der Waals surface area contributed by atoms with Crippen LogP contribution < -0.4 is 0 Å². The maximum atomic E-state index is 6.07. The fraction of sp³-hybridized carbons (Fsp3) is 0.417. The van der Waals surface area contributed by atoms with Gasteiger partial charge in [-0.1, -0.05) is 58.0 Å². The lowest BCUT2D eigenvalue weighted by atomic mass is 10.2. The lowest BCUT2D eigenvalue weighted by molar-refractivity contribution is 0.115. The van der Waals surface area contributed by atoms with Gasteiger partial charge in [0, 0.05) is 6.92 Å². The first-order valence-corrected chi connectivity index (χ1v) is 7.19. The Labute approximate surface area is 137 Å². The van der Waals surface area contributed by atoms with E-state index in [1.807, 2.05) is 20.8 Å². The molecule has 0 aromatic heterocycles. The second-order valence-corrected chi connectivity index (χ2v) is 6.65. The quantitative estimate of drug-likeness (QED) is 0.232. The van der Waals surface area contributed by atoms with Crippen molar-refractivity contribution in [1.82, 2.24) is 0 Å². The van der Waals surface area contributed by atoms with Crippen LogP contribution in [0.5, 0.6) is 0 Å². The largest absolute Gasteiger partial charge is 0.475 e. The van der Waals surface area contributed by atoms with Crippen LogP contribution in [0.3, 0.4) is 0 Å². The van der Waals surface area contributed by atoms with Gasteiger partial charge in [0.25, 0.3) is 0 Å². The molecule has 0 aliphatic rings. The van der Waals surface area contributed by atoms with E-state index in [1.165, 1.54) is 0 Å². The Morgan fingerprint density at radius 2 is 1.21 bits per heavy atom. The molecule has 0 amide bonds. The molecule has 1 aromatic rings. The first kappa shape index (κ1) is 17.2. The summed E-state index contributed by atoms with van der Waals surface area (Å²) in [6.07, 6.45) is 0. The second kappa shape index (κ2) is 6.28. The van der Waals surface area contributed by atoms with Crippen LogP contribution in [-0.4, -0.2) is 11.5 Å². The Balaban J connectivity index is 3.33. The molecule has 0 fully saturated rings. The highest BCUT2D eigenvalue weighted by Crippen LogP contribution is 2.48. The molecule has 0 saturated carbocycles. The molecule has 1 rings (SSSR count). The van der Waals surface area contributed by atoms with E-state index in [2.05, 4.69) is 4.99 Å². The number of ether oxygens (including phenoxy) is 1. The second-order valence-electron chi connectivity index (χ2n) is 4.76. The highest BCUT2D eigenvalue weighted by Gasteiger charge is 2.20. The van der Waals surface area contributed by atoms with E-state index in [0.717, 1.165) is 0 Å². The van der Waals surface area contributed by atoms with Crippen LogP contribution in [0.1, 0.15) is 27.7 Å². The topological polar surface area (TPSA) is 21.6 Å². The molecule has 0 heterocycles. The lowest BCUT2D eigenvalue weighted by Crippen LogP contribution is -2.22. The Kier molecular flexibility index (Phi) is 5.68. The van der Waals surface area contributed by atoms with Crippen molar-refractivity contribution in [3.63, 3.8) is 0 Å². The number of hydrogen-bond acceptors (Lipinski definition) is 2. The molecule has 0 radical (unpaired) electrons. The van der Waals surface area contributed by atoms with E-state index >= 15 is 0 Å². The summed E-state index contributed by atoms with van der Waals surface area (Å²) in [4.78, 5) is 4.21. The van der Waals surface area contributed by atoms with E-state index in [1.54, 1.807) is 6.92 Å². The summed E-state index contributed by atoms with van der Waals surface area (Å²) in [7, 11) is 0. The van der Waals surface area contributed by atoms with Gasteiger partial charge in [-0.2, -0.15) is 0 Å². The Bertz CT molecular complexity index is 505. The molecule has 19 heavy (non-hydrogen) atoms. The van der Waals surface area contributed by atoms with E-state index < -0.39 is 0 Å². The number of hydrogen-bond donors (Lipinski definition) is 0. The molecule has 0 aliphatic heterocycles. The van der Waals surface area contributed by atoms with Crippen LogP contribution in [-0.2, 0) is 4.74 Å². The summed E-state index contributed by atoms with van der Waals surface area (Å²) >= 11 is 29.9. The molecular weight excluding hydrogens is 351 g/mol. The average Bonchev–Trinajstić information content (AvgIpc) is 2.27. The molecule has 0 atom stereocenters. The summed E-state index contributed by atoms with van der Waals surface area (Å²) < 4.78 is 5.58. The van der Waals surface area contributed by atoms with Gasteiger partial charge in [0.05, 0.1) is 25.1 Å². The summed E-state index contributed by atoms with van der Waals surface area (Å²) in [5, 5.41) is 0.600. The maximum absolute atomic E-state index is 6.07. The number of rotatable bonds is 1. The Hall–Kier alpha value is 0.140. The molecule has 0 saturated heterocycles. The normalized spacial score (nSPS) is 12.8. The molecule has 0 spiro atoms. The van der Waals surface area contributed by atoms with Crippen LogP contribution in [0.25, 0.3) is 0 Å². The number of halogens is 5. The first-order valence-electron chi connectivity index (χ1n) is 5.30. The smallest absolute Gasteiger partial charge is 0.185 e. The summed E-state index contributed by atoms with van der Waals surface area (Å²) in [6, 6.07) is 0. The van der Waals surface area contributed by atoms with Crippen LogP contribution in [0.2, 0.25) is 25.1 Å². The zero-order chi connectivity index (χ0) is 15.0. The molecule has 1 aromatic carbocycles. The van der Waals surface area contributed by atoms with Gasteiger partial charge in [-0.25, -0.2) is 4.99 Å². The summed E-state index contributed by atoms with van der Waals surface area (Å²) in [6.45, 7) is 7.39. The van der Waals surface area contributed by atoms with Gasteiger partial charge >= 0.3 is 0 Å². The Morgan fingerprint density at radius 1 is 0.842 bits per heavy atom. The van der Waals surface area contributed by atoms with E-state index in [0.29, 0.717) is 5.90 Å². The third-order valence-electron chi connectivity index (χ3n) is 1.91. The van der Waals surface area contributed by atoms with Crippen molar-refractivity contribution in [3.05, 3.63) is 25.1 Å². The Morgan fingerprint density at radius 3 is 1.58 bits per heavy atom. The van der Waals surface area contributed by atoms with Crippen molar-refractivity contribution in [2.45, 2.75) is 33.3 Å². The van der Waals surface area contributed by atoms with Crippen LogP contribution in [0.4, 0.5) is 5.69 Å². The number of benzene rings is 1. The van der Waals surface area contributed by atoms with Crippen molar-refractivity contribution < 1.29 is 4.74 Å². The zero-order valence-electron chi connectivity index (χ0n) is 10.7. The SMILES string of the molecule is CC(=Nc1c(Cl)c(Cl)c(Cl)c(Cl)c1Cl)OC(C)(C)C. The van der Waals surface area contributed by atoms with Crippen LogP contribution in [0, 0.1) is 0 Å². The van der Waals surface area contributed by atoms with E-state index in [9.17, 15) is 0 Å². The van der Waals surface area contributed by atoms with Crippen molar-refractivity contribution in [2.24, 2.45) is 4.99 Å². The third kappa shape index (κ3) is 4.30. The van der Waals surface area contributed by atoms with Gasteiger partial charge < -0.3 is 4.74 Å². The fourth-order valence-corrected chi connectivity index (χ4v) is 2.53. The van der Waals surface area contributed by atoms with Crippen LogP contribution in [0.15, 0.2) is 4.99 Å². The van der Waals surface area contributed by atoms with Gasteiger partial charge in [0.15, 0.2) is 5.90 Å². The van der Waals surface area contributed by atoms with Gasteiger partial charge in [0.2, 0.25) is 0 Å². The van der Waals surface area contributed by atoms with Gasteiger partial charge in [-0.05, 0) is 20.8 Å². The molecule has 0 bridgehead atoms. The predicted molar refractivity (Wildman–Crippen MR) is 85.1 cm³/mol. The zero-order valence-corrected chi connectivity index (χ0v) is 14.5. The van der Waals surface area contributed by atoms with Gasteiger partial charge in [0.1, 0.15) is 11.3 Å². The fourth-order valence-electron chi connectivity index (χ4n) is 1.31. The van der Waals surface area contributed by atoms with E-state index in [-0.39, 0.29) is 36.4 Å². The predicted octanol–water partition coefficient (Wildman–Crippen LogP) is 6.82. The van der Waals surface area contributed by atoms with Crippen molar-refractivity contribution in [3.8, 4) is 0 Å². The highest BCUT2D eigenvalue weighted by molar-refractivity contribution is 6.56. The number of aliphatic imine (C=N–C) groups is 1. The third-order valence-corrected chi connectivity index (χ3v) is 4.17. The first-order chi connectivity index (χ1) is 8.54. The molecule has 0 aliphatic carbocycles. The molecule has 2 nitrogen and oxygen atoms in total. The summed E-state index contributed by atoms with van der Waals surface area (Å²) in [5.74, 6) is 0.394. The summed E-state index contributed by atoms with van der Waals surface area (Å²) in [5.41, 5.74) is -0.142. The van der Waals surface area contributed by atoms with Gasteiger partial charge in [-0.15, -0.1) is 0 Å². The van der Waals surface area contributed by atoms with Crippen molar-refractivity contribution >= 4 is 69.6 Å². The van der Waals surface area contributed by atoms with E-state index in [4.69, 9.17) is 62.7 Å². The van der Waals surface area contributed by atoms with Crippen molar-refractivity contribution in [1.29, 1.82) is 0 Å². The monoisotopic (exact) mass is 361 g/mol. The molecule has 106 valence electrons. The average molecular weight is 363 g/mol. The standard InChI is InChI=1S/C12H12Cl5NO/c1-5(19-12(2,3)4)18-11-9(16)7(14)6(13)8(15)10(11)17/h1-4H3. The highest BCUT2D eigenvalue weighted by atomic mass is 35.5. The minimum atomic E-state index is -0.382. The number of nitrogens with zero attached hydrogens (tertiary/aromatic N) is 1. The van der Waals surface area contributed by atoms with Crippen LogP contribution >= 0.6 is 58.0 Å². The minimum Gasteiger partial charge on any atom is -0.475 e.